The number of amides is 1. The van der Waals surface area contributed by atoms with E-state index in [1.54, 1.807) is 12.1 Å². The first-order valence-electron chi connectivity index (χ1n) is 8.99. The van der Waals surface area contributed by atoms with Crippen molar-refractivity contribution in [1.82, 2.24) is 4.98 Å². The third-order valence-corrected chi connectivity index (χ3v) is 5.28. The van der Waals surface area contributed by atoms with Crippen LogP contribution in [0.5, 0.6) is 11.5 Å². The number of hydrogen-bond acceptors (Lipinski definition) is 6. The molecule has 0 spiro atoms. The largest absolute Gasteiger partial charge is 0.493 e. The quantitative estimate of drug-likeness (QED) is 0.794. The number of carbonyl (C=O) groups excluding carboxylic acids is 1. The molecule has 1 amide bonds. The van der Waals surface area contributed by atoms with Crippen LogP contribution in [0.15, 0.2) is 18.2 Å². The number of benzene rings is 1. The van der Waals surface area contributed by atoms with Crippen molar-refractivity contribution in [2.24, 2.45) is 11.1 Å². The van der Waals surface area contributed by atoms with Gasteiger partial charge in [-0.1, -0.05) is 19.9 Å². The van der Waals surface area contributed by atoms with E-state index in [0.29, 0.717) is 23.0 Å². The third-order valence-electron chi connectivity index (χ3n) is 5.28. The van der Waals surface area contributed by atoms with Gasteiger partial charge in [-0.2, -0.15) is 5.26 Å². The number of nitriles is 1. The molecule has 1 saturated carbocycles. The summed E-state index contributed by atoms with van der Waals surface area (Å²) in [4.78, 5) is 15.5. The van der Waals surface area contributed by atoms with Gasteiger partial charge in [0.2, 0.25) is 0 Å². The Kier molecular flexibility index (Phi) is 4.90. The summed E-state index contributed by atoms with van der Waals surface area (Å²) in [6.07, 6.45) is 1.04. The second kappa shape index (κ2) is 7.04. The fourth-order valence-electron chi connectivity index (χ4n) is 3.55. The van der Waals surface area contributed by atoms with Crippen LogP contribution in [0.3, 0.4) is 0 Å². The second-order valence-corrected chi connectivity index (χ2v) is 7.74. The second-order valence-electron chi connectivity index (χ2n) is 7.74. The molecule has 2 aromatic rings. The van der Waals surface area contributed by atoms with E-state index in [9.17, 15) is 10.1 Å². The number of primary amides is 1. The van der Waals surface area contributed by atoms with Crippen molar-refractivity contribution in [3.63, 3.8) is 0 Å². The molecule has 1 fully saturated rings. The molecule has 1 heterocycles. The summed E-state index contributed by atoms with van der Waals surface area (Å²) in [5.74, 6) is 0.806. The van der Waals surface area contributed by atoms with Crippen LogP contribution < -0.4 is 20.9 Å². The van der Waals surface area contributed by atoms with E-state index in [-0.39, 0.29) is 17.8 Å². The number of anilines is 1. The zero-order valence-electron chi connectivity index (χ0n) is 16.5. The van der Waals surface area contributed by atoms with Crippen molar-refractivity contribution in [1.29, 1.82) is 5.26 Å². The molecule has 3 rings (SSSR count). The minimum Gasteiger partial charge on any atom is -0.493 e. The molecule has 0 unspecified atom stereocenters. The normalized spacial score (nSPS) is 16.9. The van der Waals surface area contributed by atoms with Gasteiger partial charge in [-0.15, -0.1) is 0 Å². The molecule has 1 aliphatic rings. The molecule has 1 aromatic carbocycles. The Morgan fingerprint density at radius 2 is 2.07 bits per heavy atom. The van der Waals surface area contributed by atoms with Crippen molar-refractivity contribution in [3.8, 4) is 28.7 Å². The number of nitrogen functional groups attached to an aromatic ring is 1. The molecule has 0 radical (unpaired) electrons. The standard InChI is InChI=1S/C21H24N4O3/c1-11-18(12-5-6-15(16(7-12)27-4)28-10-17(23)26)13(9-22)20(24)25-19(11)14-8-21(14,2)3/h5-7,14H,8,10H2,1-4H3,(H2,23,26)(H2,24,25)/t14-/m0/s1. The molecule has 1 aliphatic carbocycles. The van der Waals surface area contributed by atoms with Gasteiger partial charge in [0.1, 0.15) is 17.5 Å². The third kappa shape index (κ3) is 3.46. The summed E-state index contributed by atoms with van der Waals surface area (Å²) in [5.41, 5.74) is 15.2. The van der Waals surface area contributed by atoms with E-state index >= 15 is 0 Å². The van der Waals surface area contributed by atoms with Gasteiger partial charge in [0.15, 0.2) is 18.1 Å². The molecular weight excluding hydrogens is 356 g/mol. The van der Waals surface area contributed by atoms with Crippen LogP contribution in [0.25, 0.3) is 11.1 Å². The van der Waals surface area contributed by atoms with Crippen molar-refractivity contribution in [2.45, 2.75) is 33.1 Å². The first kappa shape index (κ1) is 19.5. The molecule has 1 atom stereocenters. The number of hydrogen-bond donors (Lipinski definition) is 2. The van der Waals surface area contributed by atoms with Gasteiger partial charge in [-0.05, 0) is 42.0 Å². The minimum absolute atomic E-state index is 0.180. The Labute approximate surface area is 164 Å². The maximum Gasteiger partial charge on any atom is 0.255 e. The molecule has 28 heavy (non-hydrogen) atoms. The fourth-order valence-corrected chi connectivity index (χ4v) is 3.55. The summed E-state index contributed by atoms with van der Waals surface area (Å²) >= 11 is 0. The Morgan fingerprint density at radius 3 is 2.61 bits per heavy atom. The van der Waals surface area contributed by atoms with Crippen molar-refractivity contribution in [2.75, 3.05) is 19.5 Å². The van der Waals surface area contributed by atoms with Gasteiger partial charge in [-0.25, -0.2) is 4.98 Å². The number of ether oxygens (including phenoxy) is 2. The lowest BCUT2D eigenvalue weighted by atomic mass is 9.92. The number of rotatable bonds is 6. The number of pyridine rings is 1. The number of methoxy groups -OCH3 is 1. The first-order chi connectivity index (χ1) is 13.2. The average molecular weight is 380 g/mol. The van der Waals surface area contributed by atoms with Gasteiger partial charge in [0.05, 0.1) is 12.8 Å². The lowest BCUT2D eigenvalue weighted by Gasteiger charge is -2.17. The van der Waals surface area contributed by atoms with Crippen LogP contribution in [0, 0.1) is 23.7 Å². The van der Waals surface area contributed by atoms with E-state index in [1.807, 2.05) is 13.0 Å². The van der Waals surface area contributed by atoms with Crippen LogP contribution in [-0.4, -0.2) is 24.6 Å². The highest BCUT2D eigenvalue weighted by Crippen LogP contribution is 2.59. The van der Waals surface area contributed by atoms with Crippen LogP contribution in [-0.2, 0) is 4.79 Å². The summed E-state index contributed by atoms with van der Waals surface area (Å²) in [7, 11) is 1.51. The topological polar surface area (TPSA) is 124 Å². The van der Waals surface area contributed by atoms with Crippen molar-refractivity contribution < 1.29 is 14.3 Å². The lowest BCUT2D eigenvalue weighted by Crippen LogP contribution is -2.20. The zero-order valence-corrected chi connectivity index (χ0v) is 16.5. The smallest absolute Gasteiger partial charge is 0.255 e. The van der Waals surface area contributed by atoms with E-state index in [4.69, 9.17) is 20.9 Å². The van der Waals surface area contributed by atoms with Crippen LogP contribution >= 0.6 is 0 Å². The van der Waals surface area contributed by atoms with Crippen molar-refractivity contribution >= 4 is 11.7 Å². The number of carbonyl (C=O) groups is 1. The van der Waals surface area contributed by atoms with Gasteiger partial charge in [0, 0.05) is 11.5 Å². The van der Waals surface area contributed by atoms with E-state index < -0.39 is 5.91 Å². The average Bonchev–Trinajstić information content (AvgIpc) is 3.28. The van der Waals surface area contributed by atoms with E-state index in [2.05, 4.69) is 24.9 Å². The maximum atomic E-state index is 11.0. The molecule has 0 aliphatic heterocycles. The monoisotopic (exact) mass is 380 g/mol. The molecule has 7 heteroatoms. The predicted octanol–water partition coefficient (Wildman–Crippen LogP) is 2.90. The highest BCUT2D eigenvalue weighted by Gasteiger charge is 2.48. The molecule has 146 valence electrons. The number of nitrogens with two attached hydrogens (primary N) is 2. The predicted molar refractivity (Wildman–Crippen MR) is 106 cm³/mol. The molecule has 0 bridgehead atoms. The molecule has 4 N–H and O–H groups in total. The Morgan fingerprint density at radius 1 is 1.39 bits per heavy atom. The fraction of sp³-hybridized carbons (Fsp3) is 0.381. The Hall–Kier alpha value is -3.27. The summed E-state index contributed by atoms with van der Waals surface area (Å²) in [6.45, 7) is 6.11. The maximum absolute atomic E-state index is 11.0. The Bertz CT molecular complexity index is 992. The highest BCUT2D eigenvalue weighted by molar-refractivity contribution is 5.81. The summed E-state index contributed by atoms with van der Waals surface area (Å²) in [5, 5.41) is 9.68. The summed E-state index contributed by atoms with van der Waals surface area (Å²) < 4.78 is 10.8. The first-order valence-corrected chi connectivity index (χ1v) is 8.99. The molecule has 0 saturated heterocycles. The van der Waals surface area contributed by atoms with Crippen LogP contribution in [0.4, 0.5) is 5.82 Å². The molecule has 1 aromatic heterocycles. The number of aromatic nitrogens is 1. The van der Waals surface area contributed by atoms with Gasteiger partial charge < -0.3 is 20.9 Å². The van der Waals surface area contributed by atoms with Gasteiger partial charge in [0.25, 0.3) is 5.91 Å². The lowest BCUT2D eigenvalue weighted by molar-refractivity contribution is -0.119. The molecule has 7 nitrogen and oxygen atoms in total. The number of nitrogens with zero attached hydrogens (tertiary/aromatic N) is 2. The van der Waals surface area contributed by atoms with Gasteiger partial charge >= 0.3 is 0 Å². The van der Waals surface area contributed by atoms with Gasteiger partial charge in [-0.3, -0.25) is 4.79 Å². The van der Waals surface area contributed by atoms with Crippen LogP contribution in [0.2, 0.25) is 0 Å². The van der Waals surface area contributed by atoms with Crippen LogP contribution in [0.1, 0.15) is 43.0 Å². The SMILES string of the molecule is COc1cc(-c2c(C)c([C@@H]3CC3(C)C)nc(N)c2C#N)ccc1OCC(N)=O. The van der Waals surface area contributed by atoms with E-state index in [0.717, 1.165) is 28.8 Å². The summed E-state index contributed by atoms with van der Waals surface area (Å²) in [6, 6.07) is 7.44. The zero-order chi connectivity index (χ0) is 20.6. The molecular formula is C21H24N4O3. The minimum atomic E-state index is -0.577. The Balaban J connectivity index is 2.12. The highest BCUT2D eigenvalue weighted by atomic mass is 16.5. The van der Waals surface area contributed by atoms with E-state index in [1.165, 1.54) is 7.11 Å². The van der Waals surface area contributed by atoms with Crippen molar-refractivity contribution in [3.05, 3.63) is 35.0 Å².